The van der Waals surface area contributed by atoms with Crippen molar-refractivity contribution in [1.29, 1.82) is 0 Å². The molecule has 0 saturated heterocycles. The number of carbonyl (C=O) groups is 1. The zero-order valence-electron chi connectivity index (χ0n) is 10.5. The summed E-state index contributed by atoms with van der Waals surface area (Å²) in [5, 5.41) is 3.56. The van der Waals surface area contributed by atoms with Gasteiger partial charge in [-0.05, 0) is 5.56 Å². The normalized spacial score (nSPS) is 13.3. The van der Waals surface area contributed by atoms with E-state index in [1.54, 1.807) is 6.07 Å². The fraction of sp³-hybridized carbons (Fsp3) is 0.231. The lowest BCUT2D eigenvalue weighted by Gasteiger charge is -2.20. The lowest BCUT2D eigenvalue weighted by atomic mass is 9.99. The van der Waals surface area contributed by atoms with E-state index >= 15 is 0 Å². The number of pyridine rings is 1. The molecule has 0 atom stereocenters. The summed E-state index contributed by atoms with van der Waals surface area (Å²) in [6.07, 6.45) is 0.183. The van der Waals surface area contributed by atoms with Gasteiger partial charge < -0.3 is 19.8 Å². The predicted octanol–water partition coefficient (Wildman–Crippen LogP) is 1.04. The van der Waals surface area contributed by atoms with Crippen LogP contribution in [0.2, 0.25) is 0 Å². The molecule has 0 aliphatic carbocycles. The van der Waals surface area contributed by atoms with Crippen LogP contribution in [0, 0.1) is 0 Å². The van der Waals surface area contributed by atoms with Crippen LogP contribution < -0.4 is 20.3 Å². The third kappa shape index (κ3) is 1.64. The number of aromatic amines is 1. The second-order valence-electron chi connectivity index (χ2n) is 4.29. The van der Waals surface area contributed by atoms with Crippen LogP contribution >= 0.6 is 0 Å². The zero-order valence-corrected chi connectivity index (χ0v) is 10.5. The molecular weight excluding hydrogens is 248 g/mol. The maximum Gasteiger partial charge on any atom is 0.248 e. The highest BCUT2D eigenvalue weighted by atomic mass is 16.5. The Kier molecular flexibility index (Phi) is 2.45. The summed E-state index contributed by atoms with van der Waals surface area (Å²) in [5.74, 6) is 0.767. The average molecular weight is 260 g/mol. The van der Waals surface area contributed by atoms with Gasteiger partial charge in [0.1, 0.15) is 0 Å². The molecule has 1 aliphatic heterocycles. The molecule has 2 heterocycles. The monoisotopic (exact) mass is 260 g/mol. The van der Waals surface area contributed by atoms with Gasteiger partial charge in [-0.1, -0.05) is 0 Å². The van der Waals surface area contributed by atoms with Crippen molar-refractivity contribution in [2.45, 2.75) is 6.42 Å². The Labute approximate surface area is 108 Å². The lowest BCUT2D eigenvalue weighted by Crippen LogP contribution is -2.22. The summed E-state index contributed by atoms with van der Waals surface area (Å²) in [5.41, 5.74) is 1.59. The number of H-pyrrole nitrogens is 1. The molecule has 1 aliphatic rings. The maximum absolute atomic E-state index is 11.7. The smallest absolute Gasteiger partial charge is 0.248 e. The summed E-state index contributed by atoms with van der Waals surface area (Å²) in [6.45, 7) is 0. The van der Waals surface area contributed by atoms with Crippen LogP contribution in [-0.2, 0) is 11.2 Å². The van der Waals surface area contributed by atoms with Gasteiger partial charge >= 0.3 is 0 Å². The van der Waals surface area contributed by atoms with Gasteiger partial charge in [-0.3, -0.25) is 9.59 Å². The minimum absolute atomic E-state index is 0.147. The van der Waals surface area contributed by atoms with Crippen LogP contribution in [0.4, 0.5) is 5.69 Å². The van der Waals surface area contributed by atoms with E-state index in [9.17, 15) is 9.59 Å². The number of amides is 1. The number of ether oxygens (including phenoxy) is 2. The molecule has 2 aromatic rings. The van der Waals surface area contributed by atoms with E-state index in [2.05, 4.69) is 10.3 Å². The van der Waals surface area contributed by atoms with E-state index in [1.807, 2.05) is 0 Å². The maximum atomic E-state index is 11.7. The average Bonchev–Trinajstić information content (AvgIpc) is 2.36. The first-order chi connectivity index (χ1) is 9.13. The molecule has 0 unspecified atom stereocenters. The standard InChI is InChI=1S/C13H12N2O4/c1-18-8-5-7-11-6(3-9(16)14-7)4-10(17)15-12(11)13(8)19-2/h4-5H,3H2,1-2H3,(H,14,16)(H,15,17). The molecule has 1 amide bonds. The first-order valence-electron chi connectivity index (χ1n) is 5.74. The Balaban J connectivity index is 2.49. The molecule has 0 spiro atoms. The van der Waals surface area contributed by atoms with E-state index in [0.717, 1.165) is 5.39 Å². The molecule has 2 N–H and O–H groups in total. The number of hydrogen-bond acceptors (Lipinski definition) is 4. The van der Waals surface area contributed by atoms with Crippen LogP contribution in [0.25, 0.3) is 10.9 Å². The van der Waals surface area contributed by atoms with Crippen LogP contribution in [0.3, 0.4) is 0 Å². The zero-order chi connectivity index (χ0) is 13.6. The molecule has 6 nitrogen and oxygen atoms in total. The molecular formula is C13H12N2O4. The van der Waals surface area contributed by atoms with Crippen LogP contribution in [0.5, 0.6) is 11.5 Å². The van der Waals surface area contributed by atoms with Gasteiger partial charge in [-0.15, -0.1) is 0 Å². The van der Waals surface area contributed by atoms with Gasteiger partial charge in [0.15, 0.2) is 11.5 Å². The SMILES string of the molecule is COc1cc2c3c(cc(=O)[nH]c3c1OC)CC(=O)N2. The first-order valence-corrected chi connectivity index (χ1v) is 5.74. The summed E-state index contributed by atoms with van der Waals surface area (Å²) >= 11 is 0. The minimum Gasteiger partial charge on any atom is -0.493 e. The third-order valence-electron chi connectivity index (χ3n) is 3.17. The molecule has 0 bridgehead atoms. The van der Waals surface area contributed by atoms with Crippen molar-refractivity contribution < 1.29 is 14.3 Å². The third-order valence-corrected chi connectivity index (χ3v) is 3.17. The van der Waals surface area contributed by atoms with Crippen LogP contribution in [0.1, 0.15) is 5.56 Å². The number of methoxy groups -OCH3 is 2. The summed E-state index contributed by atoms with van der Waals surface area (Å²) < 4.78 is 10.5. The van der Waals surface area contributed by atoms with Gasteiger partial charge in [-0.2, -0.15) is 0 Å². The van der Waals surface area contributed by atoms with E-state index in [4.69, 9.17) is 9.47 Å². The van der Waals surface area contributed by atoms with Crippen LogP contribution in [-0.4, -0.2) is 25.1 Å². The number of benzene rings is 1. The second-order valence-corrected chi connectivity index (χ2v) is 4.29. The topological polar surface area (TPSA) is 80.4 Å². The lowest BCUT2D eigenvalue weighted by molar-refractivity contribution is -0.115. The molecule has 19 heavy (non-hydrogen) atoms. The second kappa shape index (κ2) is 4.01. The number of aromatic nitrogens is 1. The highest BCUT2D eigenvalue weighted by molar-refractivity contribution is 6.10. The summed E-state index contributed by atoms with van der Waals surface area (Å²) in [6, 6.07) is 3.14. The molecule has 98 valence electrons. The first kappa shape index (κ1) is 11.6. The van der Waals surface area contributed by atoms with Gasteiger partial charge in [0, 0.05) is 17.5 Å². The highest BCUT2D eigenvalue weighted by Crippen LogP contribution is 2.41. The summed E-state index contributed by atoms with van der Waals surface area (Å²) in [4.78, 5) is 26.1. The molecule has 1 aromatic carbocycles. The van der Waals surface area contributed by atoms with E-state index < -0.39 is 0 Å². The van der Waals surface area contributed by atoms with Crippen molar-refractivity contribution in [3.05, 3.63) is 28.0 Å². The largest absolute Gasteiger partial charge is 0.493 e. The summed E-state index contributed by atoms with van der Waals surface area (Å²) in [7, 11) is 3.01. The Bertz CT molecular complexity index is 748. The molecule has 3 rings (SSSR count). The number of rotatable bonds is 2. The highest BCUT2D eigenvalue weighted by Gasteiger charge is 2.23. The molecule has 0 radical (unpaired) electrons. The molecule has 6 heteroatoms. The van der Waals surface area contributed by atoms with E-state index in [0.29, 0.717) is 28.3 Å². The van der Waals surface area contributed by atoms with Crippen molar-refractivity contribution in [3.8, 4) is 11.5 Å². The van der Waals surface area contributed by atoms with Gasteiger partial charge in [0.05, 0.1) is 31.8 Å². The fourth-order valence-electron chi connectivity index (χ4n) is 2.44. The number of hydrogen-bond donors (Lipinski definition) is 2. The van der Waals surface area contributed by atoms with Crippen molar-refractivity contribution >= 4 is 22.5 Å². The van der Waals surface area contributed by atoms with Crippen molar-refractivity contribution in [3.63, 3.8) is 0 Å². The predicted molar refractivity (Wildman–Crippen MR) is 70.0 cm³/mol. The van der Waals surface area contributed by atoms with Gasteiger partial charge in [0.2, 0.25) is 11.5 Å². The fourth-order valence-corrected chi connectivity index (χ4v) is 2.44. The Morgan fingerprint density at radius 2 is 1.95 bits per heavy atom. The van der Waals surface area contributed by atoms with Crippen molar-refractivity contribution in [2.75, 3.05) is 19.5 Å². The van der Waals surface area contributed by atoms with Crippen molar-refractivity contribution in [1.82, 2.24) is 4.98 Å². The minimum atomic E-state index is -0.269. The molecule has 0 fully saturated rings. The van der Waals surface area contributed by atoms with Crippen molar-refractivity contribution in [2.24, 2.45) is 0 Å². The van der Waals surface area contributed by atoms with Crippen LogP contribution in [0.15, 0.2) is 16.9 Å². The number of nitrogens with one attached hydrogen (secondary N) is 2. The molecule has 1 aromatic heterocycles. The number of carbonyl (C=O) groups excluding carboxylic acids is 1. The number of anilines is 1. The van der Waals surface area contributed by atoms with E-state index in [1.165, 1.54) is 20.3 Å². The Morgan fingerprint density at radius 1 is 1.16 bits per heavy atom. The molecule has 0 saturated carbocycles. The van der Waals surface area contributed by atoms with Gasteiger partial charge in [-0.25, -0.2) is 0 Å². The van der Waals surface area contributed by atoms with E-state index in [-0.39, 0.29) is 17.9 Å². The Morgan fingerprint density at radius 3 is 2.63 bits per heavy atom. The van der Waals surface area contributed by atoms with Gasteiger partial charge in [0.25, 0.3) is 0 Å². The Hall–Kier alpha value is -2.50. The quantitative estimate of drug-likeness (QED) is 0.845.